The first-order valence-corrected chi connectivity index (χ1v) is 8.17. The molecular formula is C18H15Cl2FN2O. The summed E-state index contributed by atoms with van der Waals surface area (Å²) in [6.45, 7) is 2.44. The zero-order chi connectivity index (χ0) is 17.1. The SMILES string of the molecule is C[C@H](NCc1ncc(-c2ccc(F)cc2)o1)c1ccc(Cl)cc1Cl. The maximum absolute atomic E-state index is 13.0. The molecule has 0 aliphatic carbocycles. The van der Waals surface area contributed by atoms with Gasteiger partial charge >= 0.3 is 0 Å². The molecule has 1 aromatic heterocycles. The van der Waals surface area contributed by atoms with Crippen LogP contribution < -0.4 is 5.32 Å². The summed E-state index contributed by atoms with van der Waals surface area (Å²) >= 11 is 12.1. The first-order valence-electron chi connectivity index (χ1n) is 7.42. The molecule has 3 nitrogen and oxygen atoms in total. The van der Waals surface area contributed by atoms with E-state index >= 15 is 0 Å². The molecule has 0 fully saturated rings. The van der Waals surface area contributed by atoms with E-state index in [4.69, 9.17) is 27.6 Å². The molecule has 0 amide bonds. The largest absolute Gasteiger partial charge is 0.439 e. The van der Waals surface area contributed by atoms with Crippen LogP contribution in [0.3, 0.4) is 0 Å². The average molecular weight is 365 g/mol. The van der Waals surface area contributed by atoms with Crippen LogP contribution in [0.1, 0.15) is 24.4 Å². The van der Waals surface area contributed by atoms with E-state index in [1.807, 2.05) is 13.0 Å². The van der Waals surface area contributed by atoms with Crippen LogP contribution in [0.2, 0.25) is 10.0 Å². The van der Waals surface area contributed by atoms with Gasteiger partial charge in [0, 0.05) is 21.7 Å². The second-order valence-corrected chi connectivity index (χ2v) is 6.24. The Bertz CT molecular complexity index is 833. The van der Waals surface area contributed by atoms with Gasteiger partial charge in [-0.1, -0.05) is 29.3 Å². The van der Waals surface area contributed by atoms with E-state index in [1.54, 1.807) is 30.5 Å². The van der Waals surface area contributed by atoms with Crippen molar-refractivity contribution in [3.8, 4) is 11.3 Å². The van der Waals surface area contributed by atoms with Gasteiger partial charge < -0.3 is 9.73 Å². The van der Waals surface area contributed by atoms with E-state index in [1.165, 1.54) is 12.1 Å². The summed E-state index contributed by atoms with van der Waals surface area (Å²) in [5.74, 6) is 0.865. The lowest BCUT2D eigenvalue weighted by Gasteiger charge is -2.14. The highest BCUT2D eigenvalue weighted by Gasteiger charge is 2.12. The minimum atomic E-state index is -0.283. The Kier molecular flexibility index (Phi) is 5.19. The molecule has 1 heterocycles. The molecule has 24 heavy (non-hydrogen) atoms. The molecule has 0 saturated carbocycles. The van der Waals surface area contributed by atoms with Gasteiger partial charge in [0.1, 0.15) is 5.82 Å². The van der Waals surface area contributed by atoms with E-state index in [2.05, 4.69) is 10.3 Å². The smallest absolute Gasteiger partial charge is 0.208 e. The fraction of sp³-hybridized carbons (Fsp3) is 0.167. The lowest BCUT2D eigenvalue weighted by molar-refractivity contribution is 0.454. The van der Waals surface area contributed by atoms with Gasteiger partial charge in [-0.2, -0.15) is 0 Å². The molecular weight excluding hydrogens is 350 g/mol. The van der Waals surface area contributed by atoms with Crippen molar-refractivity contribution in [1.82, 2.24) is 10.3 Å². The highest BCUT2D eigenvalue weighted by atomic mass is 35.5. The normalized spacial score (nSPS) is 12.3. The topological polar surface area (TPSA) is 38.1 Å². The molecule has 0 radical (unpaired) electrons. The summed E-state index contributed by atoms with van der Waals surface area (Å²) in [7, 11) is 0. The molecule has 0 bridgehead atoms. The minimum Gasteiger partial charge on any atom is -0.439 e. The fourth-order valence-corrected chi connectivity index (χ4v) is 2.91. The molecule has 1 N–H and O–H groups in total. The summed E-state index contributed by atoms with van der Waals surface area (Å²) in [5.41, 5.74) is 1.73. The molecule has 2 aromatic carbocycles. The summed E-state index contributed by atoms with van der Waals surface area (Å²) in [5, 5.41) is 4.52. The number of nitrogens with zero attached hydrogens (tertiary/aromatic N) is 1. The maximum Gasteiger partial charge on any atom is 0.208 e. The molecule has 1 atom stereocenters. The number of nitrogens with one attached hydrogen (secondary N) is 1. The Morgan fingerprint density at radius 2 is 1.92 bits per heavy atom. The lowest BCUT2D eigenvalue weighted by Crippen LogP contribution is -2.18. The molecule has 3 aromatic rings. The van der Waals surface area contributed by atoms with Gasteiger partial charge in [-0.15, -0.1) is 0 Å². The van der Waals surface area contributed by atoms with Gasteiger partial charge in [0.25, 0.3) is 0 Å². The third kappa shape index (κ3) is 3.96. The standard InChI is InChI=1S/C18H15Cl2FN2O/c1-11(15-7-4-13(19)8-16(15)20)22-10-18-23-9-17(24-18)12-2-5-14(21)6-3-12/h2-9,11,22H,10H2,1H3/t11-/m0/s1. The van der Waals surface area contributed by atoms with Gasteiger partial charge in [0.2, 0.25) is 5.89 Å². The van der Waals surface area contributed by atoms with Crippen LogP contribution in [0.5, 0.6) is 0 Å². The number of benzene rings is 2. The van der Waals surface area contributed by atoms with E-state index in [9.17, 15) is 4.39 Å². The number of hydrogen-bond acceptors (Lipinski definition) is 3. The van der Waals surface area contributed by atoms with Crippen LogP contribution in [0.25, 0.3) is 11.3 Å². The Labute approximate surface area is 149 Å². The van der Waals surface area contributed by atoms with Crippen molar-refractivity contribution in [3.05, 3.63) is 76.0 Å². The van der Waals surface area contributed by atoms with Crippen LogP contribution in [0.4, 0.5) is 4.39 Å². The number of hydrogen-bond donors (Lipinski definition) is 1. The molecule has 3 rings (SSSR count). The second kappa shape index (κ2) is 7.34. The van der Waals surface area contributed by atoms with Crippen LogP contribution in [-0.2, 0) is 6.54 Å². The number of halogens is 3. The minimum absolute atomic E-state index is 0.0101. The van der Waals surface area contributed by atoms with E-state index < -0.39 is 0 Å². The van der Waals surface area contributed by atoms with Crippen LogP contribution in [0, 0.1) is 5.82 Å². The maximum atomic E-state index is 13.0. The first kappa shape index (κ1) is 17.0. The molecule has 0 unspecified atom stereocenters. The summed E-state index contributed by atoms with van der Waals surface area (Å²) in [6, 6.07) is 11.5. The summed E-state index contributed by atoms with van der Waals surface area (Å²) < 4.78 is 18.7. The third-order valence-electron chi connectivity index (χ3n) is 3.67. The van der Waals surface area contributed by atoms with Crippen LogP contribution in [0.15, 0.2) is 53.1 Å². The highest BCUT2D eigenvalue weighted by molar-refractivity contribution is 6.35. The molecule has 0 spiro atoms. The van der Waals surface area contributed by atoms with Gasteiger partial charge in [-0.25, -0.2) is 9.37 Å². The van der Waals surface area contributed by atoms with Gasteiger partial charge in [-0.3, -0.25) is 0 Å². The predicted molar refractivity (Wildman–Crippen MR) is 93.6 cm³/mol. The van der Waals surface area contributed by atoms with E-state index in [0.29, 0.717) is 28.2 Å². The zero-order valence-corrected chi connectivity index (χ0v) is 14.4. The van der Waals surface area contributed by atoms with E-state index in [0.717, 1.165) is 11.1 Å². The van der Waals surface area contributed by atoms with Gasteiger partial charge in [-0.05, 0) is 48.9 Å². The second-order valence-electron chi connectivity index (χ2n) is 5.39. The molecule has 0 saturated heterocycles. The molecule has 0 aliphatic heterocycles. The predicted octanol–water partition coefficient (Wildman–Crippen LogP) is 5.64. The van der Waals surface area contributed by atoms with Crippen molar-refractivity contribution < 1.29 is 8.81 Å². The fourth-order valence-electron chi connectivity index (χ4n) is 2.34. The third-order valence-corrected chi connectivity index (χ3v) is 4.23. The van der Waals surface area contributed by atoms with Gasteiger partial charge in [0.15, 0.2) is 5.76 Å². The lowest BCUT2D eigenvalue weighted by atomic mass is 10.1. The van der Waals surface area contributed by atoms with Crippen molar-refractivity contribution in [1.29, 1.82) is 0 Å². The van der Waals surface area contributed by atoms with Crippen molar-refractivity contribution in [2.75, 3.05) is 0 Å². The molecule has 124 valence electrons. The van der Waals surface area contributed by atoms with Crippen molar-refractivity contribution in [2.24, 2.45) is 0 Å². The Morgan fingerprint density at radius 1 is 1.17 bits per heavy atom. The quantitative estimate of drug-likeness (QED) is 0.636. The van der Waals surface area contributed by atoms with E-state index in [-0.39, 0.29) is 11.9 Å². The summed E-state index contributed by atoms with van der Waals surface area (Å²) in [4.78, 5) is 4.24. The first-order chi connectivity index (χ1) is 11.5. The molecule has 6 heteroatoms. The summed E-state index contributed by atoms with van der Waals surface area (Å²) in [6.07, 6.45) is 1.63. The van der Waals surface area contributed by atoms with Crippen molar-refractivity contribution in [3.63, 3.8) is 0 Å². The number of rotatable bonds is 5. The Hall–Kier alpha value is -1.88. The zero-order valence-electron chi connectivity index (χ0n) is 12.9. The molecule has 0 aliphatic rings. The monoisotopic (exact) mass is 364 g/mol. The Morgan fingerprint density at radius 3 is 2.62 bits per heavy atom. The van der Waals surface area contributed by atoms with Crippen molar-refractivity contribution in [2.45, 2.75) is 19.5 Å². The average Bonchev–Trinajstić information content (AvgIpc) is 3.02. The van der Waals surface area contributed by atoms with Gasteiger partial charge in [0.05, 0.1) is 12.7 Å². The van der Waals surface area contributed by atoms with Crippen LogP contribution >= 0.6 is 23.2 Å². The number of aromatic nitrogens is 1. The van der Waals surface area contributed by atoms with Crippen molar-refractivity contribution >= 4 is 23.2 Å². The highest BCUT2D eigenvalue weighted by Crippen LogP contribution is 2.26. The number of oxazole rings is 1. The van der Waals surface area contributed by atoms with Crippen LogP contribution in [-0.4, -0.2) is 4.98 Å². The Balaban J connectivity index is 1.65.